The Labute approximate surface area is 82.1 Å². The Hall–Kier alpha value is -0.970. The molecular weight excluding hydrogens is 188 g/mol. The molecule has 0 amide bonds. The second-order valence-electron chi connectivity index (χ2n) is 3.24. The van der Waals surface area contributed by atoms with Crippen LogP contribution >= 0.6 is 0 Å². The normalized spacial score (nSPS) is 11.9. The van der Waals surface area contributed by atoms with Crippen molar-refractivity contribution < 1.29 is 8.78 Å². The first-order valence-electron chi connectivity index (χ1n) is 4.70. The zero-order valence-electron chi connectivity index (χ0n) is 8.21. The molecule has 0 aromatic carbocycles. The number of alkyl halides is 2. The molecule has 0 saturated carbocycles. The molecule has 0 saturated heterocycles. The smallest absolute Gasteiger partial charge is 0.279 e. The fraction of sp³-hybridized carbons (Fsp3) is 0.667. The topological polar surface area (TPSA) is 29.9 Å². The minimum atomic E-state index is -2.73. The average molecular weight is 203 g/mol. The van der Waals surface area contributed by atoms with Gasteiger partial charge in [0.05, 0.1) is 6.54 Å². The van der Waals surface area contributed by atoms with Crippen LogP contribution in [0.4, 0.5) is 8.78 Å². The van der Waals surface area contributed by atoms with Gasteiger partial charge in [-0.2, -0.15) is 5.10 Å². The minimum Gasteiger partial charge on any atom is -0.311 e. The molecule has 0 fully saturated rings. The summed E-state index contributed by atoms with van der Waals surface area (Å²) in [7, 11) is 0. The van der Waals surface area contributed by atoms with Crippen LogP contribution in [0.2, 0.25) is 0 Å². The minimum absolute atomic E-state index is 0.291. The molecule has 0 aliphatic rings. The van der Waals surface area contributed by atoms with Gasteiger partial charge in [-0.15, -0.1) is 0 Å². The van der Waals surface area contributed by atoms with Gasteiger partial charge >= 0.3 is 0 Å². The van der Waals surface area contributed by atoms with E-state index in [0.717, 1.165) is 6.42 Å². The summed E-state index contributed by atoms with van der Waals surface area (Å²) in [5, 5.41) is 6.44. The summed E-state index contributed by atoms with van der Waals surface area (Å²) >= 11 is 0. The number of hydrogen-bond donors (Lipinski definition) is 1. The highest BCUT2D eigenvalue weighted by Gasteiger charge is 2.28. The maximum Gasteiger partial charge on any atom is 0.279 e. The molecule has 1 heterocycles. The van der Waals surface area contributed by atoms with Crippen LogP contribution in [-0.2, 0) is 6.54 Å². The largest absolute Gasteiger partial charge is 0.311 e. The summed E-state index contributed by atoms with van der Waals surface area (Å²) in [6.45, 7) is 1.91. The summed E-state index contributed by atoms with van der Waals surface area (Å²) in [6, 6.07) is 1.63. The zero-order chi connectivity index (χ0) is 10.4. The van der Waals surface area contributed by atoms with E-state index >= 15 is 0 Å². The second-order valence-corrected chi connectivity index (χ2v) is 3.24. The lowest BCUT2D eigenvalue weighted by Gasteiger charge is -2.16. The molecule has 0 radical (unpaired) electrons. The summed E-state index contributed by atoms with van der Waals surface area (Å²) < 4.78 is 27.6. The Morgan fingerprint density at radius 2 is 2.29 bits per heavy atom. The molecule has 0 spiro atoms. The Kier molecular flexibility index (Phi) is 4.00. The van der Waals surface area contributed by atoms with Crippen molar-refractivity contribution in [2.45, 2.75) is 25.8 Å². The van der Waals surface area contributed by atoms with Crippen molar-refractivity contribution in [2.75, 3.05) is 13.1 Å². The molecule has 1 rings (SSSR count). The van der Waals surface area contributed by atoms with E-state index in [4.69, 9.17) is 0 Å². The Bertz CT molecular complexity index is 247. The Balaban J connectivity index is 2.33. The molecular formula is C9H15F2N3. The molecule has 0 atom stereocenters. The second kappa shape index (κ2) is 5.05. The van der Waals surface area contributed by atoms with Crippen LogP contribution in [0, 0.1) is 0 Å². The SMILES string of the molecule is CCCNCC(F)(F)Cn1cccn1. The lowest BCUT2D eigenvalue weighted by atomic mass is 10.3. The molecule has 1 aromatic rings. The first kappa shape index (κ1) is 11.1. The lowest BCUT2D eigenvalue weighted by Crippen LogP contribution is -2.37. The predicted molar refractivity (Wildman–Crippen MR) is 50.3 cm³/mol. The van der Waals surface area contributed by atoms with Gasteiger partial charge in [0.2, 0.25) is 0 Å². The van der Waals surface area contributed by atoms with Crippen LogP contribution in [0.15, 0.2) is 18.5 Å². The van der Waals surface area contributed by atoms with Gasteiger partial charge in [0.15, 0.2) is 0 Å². The summed E-state index contributed by atoms with van der Waals surface area (Å²) in [4.78, 5) is 0. The predicted octanol–water partition coefficient (Wildman–Crippen LogP) is 1.52. The molecule has 80 valence electrons. The lowest BCUT2D eigenvalue weighted by molar-refractivity contribution is -0.0177. The molecule has 5 heteroatoms. The van der Waals surface area contributed by atoms with Crippen molar-refractivity contribution >= 4 is 0 Å². The van der Waals surface area contributed by atoms with Gasteiger partial charge in [-0.25, -0.2) is 8.78 Å². The van der Waals surface area contributed by atoms with Gasteiger partial charge in [0.1, 0.15) is 6.54 Å². The van der Waals surface area contributed by atoms with E-state index in [1.807, 2.05) is 6.92 Å². The third-order valence-corrected chi connectivity index (χ3v) is 1.76. The van der Waals surface area contributed by atoms with Crippen molar-refractivity contribution in [1.82, 2.24) is 15.1 Å². The van der Waals surface area contributed by atoms with Crippen LogP contribution in [0.1, 0.15) is 13.3 Å². The molecule has 0 aliphatic heterocycles. The van der Waals surface area contributed by atoms with E-state index in [0.29, 0.717) is 6.54 Å². The van der Waals surface area contributed by atoms with Gasteiger partial charge in [0.25, 0.3) is 5.92 Å². The van der Waals surface area contributed by atoms with Crippen molar-refractivity contribution in [3.8, 4) is 0 Å². The number of aromatic nitrogens is 2. The van der Waals surface area contributed by atoms with Gasteiger partial charge < -0.3 is 5.32 Å². The standard InChI is InChI=1S/C9H15F2N3/c1-2-4-12-7-9(10,11)8-14-6-3-5-13-14/h3,5-6,12H,2,4,7-8H2,1H3. The highest BCUT2D eigenvalue weighted by Crippen LogP contribution is 2.14. The molecule has 1 N–H and O–H groups in total. The van der Waals surface area contributed by atoms with E-state index in [2.05, 4.69) is 10.4 Å². The van der Waals surface area contributed by atoms with E-state index in [1.165, 1.54) is 17.1 Å². The first-order chi connectivity index (χ1) is 6.64. The van der Waals surface area contributed by atoms with Gasteiger partial charge in [-0.3, -0.25) is 4.68 Å². The number of rotatable bonds is 6. The fourth-order valence-corrected chi connectivity index (χ4v) is 1.13. The summed E-state index contributed by atoms with van der Waals surface area (Å²) in [5.41, 5.74) is 0. The van der Waals surface area contributed by atoms with Crippen molar-refractivity contribution in [3.63, 3.8) is 0 Å². The number of halogens is 2. The Morgan fingerprint density at radius 1 is 1.50 bits per heavy atom. The van der Waals surface area contributed by atoms with E-state index < -0.39 is 5.92 Å². The van der Waals surface area contributed by atoms with Crippen LogP contribution in [0.5, 0.6) is 0 Å². The van der Waals surface area contributed by atoms with Crippen LogP contribution in [0.25, 0.3) is 0 Å². The van der Waals surface area contributed by atoms with E-state index in [9.17, 15) is 8.78 Å². The Morgan fingerprint density at radius 3 is 2.86 bits per heavy atom. The van der Waals surface area contributed by atoms with E-state index in [1.54, 1.807) is 6.07 Å². The third kappa shape index (κ3) is 3.83. The number of hydrogen-bond acceptors (Lipinski definition) is 2. The molecule has 0 aliphatic carbocycles. The van der Waals surface area contributed by atoms with Crippen molar-refractivity contribution in [3.05, 3.63) is 18.5 Å². The highest BCUT2D eigenvalue weighted by molar-refractivity contribution is 4.80. The van der Waals surface area contributed by atoms with Gasteiger partial charge in [-0.05, 0) is 19.0 Å². The number of nitrogens with one attached hydrogen (secondary N) is 1. The monoisotopic (exact) mass is 203 g/mol. The van der Waals surface area contributed by atoms with Crippen LogP contribution in [-0.4, -0.2) is 28.8 Å². The average Bonchev–Trinajstić information content (AvgIpc) is 2.56. The maximum atomic E-state index is 13.2. The van der Waals surface area contributed by atoms with Crippen LogP contribution in [0.3, 0.4) is 0 Å². The molecule has 14 heavy (non-hydrogen) atoms. The van der Waals surface area contributed by atoms with Crippen molar-refractivity contribution in [1.29, 1.82) is 0 Å². The molecule has 1 aromatic heterocycles. The number of nitrogens with zero attached hydrogens (tertiary/aromatic N) is 2. The molecule has 3 nitrogen and oxygen atoms in total. The van der Waals surface area contributed by atoms with Gasteiger partial charge in [0, 0.05) is 12.4 Å². The summed E-state index contributed by atoms with van der Waals surface area (Å²) in [5.74, 6) is -2.73. The first-order valence-corrected chi connectivity index (χ1v) is 4.70. The maximum absolute atomic E-state index is 13.2. The van der Waals surface area contributed by atoms with Crippen molar-refractivity contribution in [2.24, 2.45) is 0 Å². The van der Waals surface area contributed by atoms with Crippen LogP contribution < -0.4 is 5.32 Å². The highest BCUT2D eigenvalue weighted by atomic mass is 19.3. The van der Waals surface area contributed by atoms with Gasteiger partial charge in [-0.1, -0.05) is 6.92 Å². The molecule has 0 bridgehead atoms. The zero-order valence-corrected chi connectivity index (χ0v) is 8.21. The summed E-state index contributed by atoms with van der Waals surface area (Å²) in [6.07, 6.45) is 3.89. The van der Waals surface area contributed by atoms with E-state index in [-0.39, 0.29) is 13.1 Å². The quantitative estimate of drug-likeness (QED) is 0.710. The fourth-order valence-electron chi connectivity index (χ4n) is 1.13. The third-order valence-electron chi connectivity index (χ3n) is 1.76. The molecule has 0 unspecified atom stereocenters.